The van der Waals surface area contributed by atoms with Gasteiger partial charge in [0.15, 0.2) is 5.96 Å². The molecule has 1 atom stereocenters. The minimum atomic E-state index is -0.195. The van der Waals surface area contributed by atoms with Gasteiger partial charge in [0, 0.05) is 43.8 Å². The van der Waals surface area contributed by atoms with Crippen LogP contribution in [0.2, 0.25) is 0 Å². The average Bonchev–Trinajstić information content (AvgIpc) is 3.13. The van der Waals surface area contributed by atoms with Gasteiger partial charge < -0.3 is 15.0 Å². The van der Waals surface area contributed by atoms with Crippen LogP contribution in [0.1, 0.15) is 18.1 Å². The minimum Gasteiger partial charge on any atom is -0.370 e. The van der Waals surface area contributed by atoms with E-state index in [1.165, 1.54) is 12.1 Å². The number of morpholine rings is 1. The van der Waals surface area contributed by atoms with Gasteiger partial charge in [0.25, 0.3) is 0 Å². The molecule has 0 radical (unpaired) electrons. The number of ether oxygens (including phenoxy) is 1. The van der Waals surface area contributed by atoms with Crippen molar-refractivity contribution in [1.82, 2.24) is 20.0 Å². The lowest BCUT2D eigenvalue weighted by molar-refractivity contribution is -0.00801. The van der Waals surface area contributed by atoms with Crippen molar-refractivity contribution in [2.45, 2.75) is 17.4 Å². The van der Waals surface area contributed by atoms with Gasteiger partial charge in [0.1, 0.15) is 11.9 Å². The molecule has 2 aromatic rings. The Labute approximate surface area is 163 Å². The van der Waals surface area contributed by atoms with Crippen LogP contribution in [0.4, 0.5) is 4.39 Å². The summed E-state index contributed by atoms with van der Waals surface area (Å²) in [6, 6.07) is 6.64. The fourth-order valence-electron chi connectivity index (χ4n) is 2.98. The van der Waals surface area contributed by atoms with Gasteiger partial charge in [0.05, 0.1) is 19.3 Å². The summed E-state index contributed by atoms with van der Waals surface area (Å²) >= 11 is 1.73. The van der Waals surface area contributed by atoms with Gasteiger partial charge >= 0.3 is 0 Å². The number of nitrogens with one attached hydrogen (secondary N) is 1. The predicted molar refractivity (Wildman–Crippen MR) is 107 cm³/mol. The zero-order valence-electron chi connectivity index (χ0n) is 15.8. The Morgan fingerprint density at radius 1 is 1.41 bits per heavy atom. The molecule has 146 valence electrons. The van der Waals surface area contributed by atoms with E-state index in [4.69, 9.17) is 4.74 Å². The van der Waals surface area contributed by atoms with Gasteiger partial charge in [-0.1, -0.05) is 0 Å². The number of hydrogen-bond acceptors (Lipinski definition) is 4. The maximum Gasteiger partial charge on any atom is 0.193 e. The molecule has 1 aliphatic heterocycles. The Balaban J connectivity index is 1.42. The van der Waals surface area contributed by atoms with Crippen LogP contribution < -0.4 is 5.32 Å². The topological polar surface area (TPSA) is 54.7 Å². The SMILES string of the molecule is CN=C(NCCCSc1ccc(F)cc1)N1CCOC(c2cnn(C)c2)C1. The molecule has 3 rings (SSSR count). The van der Waals surface area contributed by atoms with Crippen LogP contribution in [-0.2, 0) is 11.8 Å². The number of halogens is 1. The molecule has 0 aliphatic carbocycles. The van der Waals surface area contributed by atoms with E-state index in [1.54, 1.807) is 16.4 Å². The zero-order chi connectivity index (χ0) is 19.1. The first kappa shape index (κ1) is 19.7. The van der Waals surface area contributed by atoms with Crippen LogP contribution in [0.15, 0.2) is 46.5 Å². The Hall–Kier alpha value is -2.06. The van der Waals surface area contributed by atoms with Crippen molar-refractivity contribution in [2.24, 2.45) is 12.0 Å². The van der Waals surface area contributed by atoms with Gasteiger partial charge in [-0.25, -0.2) is 4.39 Å². The second-order valence-corrected chi connectivity index (χ2v) is 7.55. The standard InChI is InChI=1S/C19H26FN5OS/c1-21-19(22-8-3-11-27-17-6-4-16(20)5-7-17)25-9-10-26-18(14-25)15-12-23-24(2)13-15/h4-7,12-13,18H,3,8-11,14H2,1-2H3,(H,21,22). The maximum absolute atomic E-state index is 12.9. The summed E-state index contributed by atoms with van der Waals surface area (Å²) in [7, 11) is 3.72. The van der Waals surface area contributed by atoms with Crippen molar-refractivity contribution in [3.05, 3.63) is 48.0 Å². The van der Waals surface area contributed by atoms with Crippen LogP contribution in [0, 0.1) is 5.82 Å². The highest BCUT2D eigenvalue weighted by molar-refractivity contribution is 7.99. The molecule has 1 unspecified atom stereocenters. The predicted octanol–water partition coefficient (Wildman–Crippen LogP) is 2.69. The summed E-state index contributed by atoms with van der Waals surface area (Å²) in [5, 5.41) is 7.67. The Morgan fingerprint density at radius 2 is 2.22 bits per heavy atom. The van der Waals surface area contributed by atoms with E-state index in [0.29, 0.717) is 6.61 Å². The molecular formula is C19H26FN5OS. The molecule has 27 heavy (non-hydrogen) atoms. The molecule has 8 heteroatoms. The van der Waals surface area contributed by atoms with Crippen molar-refractivity contribution in [3.8, 4) is 0 Å². The summed E-state index contributed by atoms with van der Waals surface area (Å²) in [5.41, 5.74) is 1.09. The van der Waals surface area contributed by atoms with Gasteiger partial charge in [-0.15, -0.1) is 11.8 Å². The number of guanidine groups is 1. The average molecular weight is 392 g/mol. The molecule has 0 saturated carbocycles. The molecule has 1 fully saturated rings. The summed E-state index contributed by atoms with van der Waals surface area (Å²) in [6.45, 7) is 3.09. The third-order valence-electron chi connectivity index (χ3n) is 4.36. The van der Waals surface area contributed by atoms with Crippen LogP contribution in [0.5, 0.6) is 0 Å². The second kappa shape index (κ2) is 9.75. The molecule has 0 bridgehead atoms. The monoisotopic (exact) mass is 391 g/mol. The van der Waals surface area contributed by atoms with Crippen LogP contribution >= 0.6 is 11.8 Å². The summed E-state index contributed by atoms with van der Waals surface area (Å²) in [6.07, 6.45) is 4.87. The van der Waals surface area contributed by atoms with E-state index in [-0.39, 0.29) is 11.9 Å². The lowest BCUT2D eigenvalue weighted by Gasteiger charge is -2.34. The Kier molecular flexibility index (Phi) is 7.11. The highest BCUT2D eigenvalue weighted by Crippen LogP contribution is 2.22. The first-order valence-corrected chi connectivity index (χ1v) is 10.1. The van der Waals surface area contributed by atoms with Crippen LogP contribution in [0.25, 0.3) is 0 Å². The van der Waals surface area contributed by atoms with E-state index >= 15 is 0 Å². The fraction of sp³-hybridized carbons (Fsp3) is 0.474. The van der Waals surface area contributed by atoms with Gasteiger partial charge in [-0.2, -0.15) is 5.10 Å². The molecule has 1 N–H and O–H groups in total. The maximum atomic E-state index is 12.9. The van der Waals surface area contributed by atoms with Crippen molar-refractivity contribution in [2.75, 3.05) is 39.0 Å². The van der Waals surface area contributed by atoms with Crippen molar-refractivity contribution < 1.29 is 9.13 Å². The van der Waals surface area contributed by atoms with E-state index in [2.05, 4.69) is 20.3 Å². The highest BCUT2D eigenvalue weighted by Gasteiger charge is 2.24. The van der Waals surface area contributed by atoms with Crippen molar-refractivity contribution >= 4 is 17.7 Å². The third-order valence-corrected chi connectivity index (χ3v) is 5.46. The number of thioether (sulfide) groups is 1. The van der Waals surface area contributed by atoms with Gasteiger partial charge in [-0.05, 0) is 36.4 Å². The number of nitrogens with zero attached hydrogens (tertiary/aromatic N) is 4. The molecule has 1 aromatic carbocycles. The molecule has 0 amide bonds. The van der Waals surface area contributed by atoms with E-state index in [1.807, 2.05) is 38.6 Å². The van der Waals surface area contributed by atoms with E-state index in [0.717, 1.165) is 48.2 Å². The van der Waals surface area contributed by atoms with Crippen LogP contribution in [-0.4, -0.2) is 59.7 Å². The number of aliphatic imine (C=N–C) groups is 1. The number of rotatable bonds is 6. The third kappa shape index (κ3) is 5.71. The van der Waals surface area contributed by atoms with E-state index < -0.39 is 0 Å². The van der Waals surface area contributed by atoms with Crippen molar-refractivity contribution in [1.29, 1.82) is 0 Å². The highest BCUT2D eigenvalue weighted by atomic mass is 32.2. The molecule has 0 spiro atoms. The molecule has 2 heterocycles. The summed E-state index contributed by atoms with van der Waals surface area (Å²) < 4.78 is 20.6. The quantitative estimate of drug-likeness (QED) is 0.355. The first-order valence-electron chi connectivity index (χ1n) is 9.10. The zero-order valence-corrected chi connectivity index (χ0v) is 16.6. The van der Waals surface area contributed by atoms with Gasteiger partial charge in [-0.3, -0.25) is 9.67 Å². The summed E-state index contributed by atoms with van der Waals surface area (Å²) in [5.74, 6) is 1.68. The lowest BCUT2D eigenvalue weighted by Crippen LogP contribution is -2.48. The number of aromatic nitrogens is 2. The van der Waals surface area contributed by atoms with Crippen molar-refractivity contribution in [3.63, 3.8) is 0 Å². The molecule has 1 saturated heterocycles. The Bertz CT molecular complexity index is 749. The van der Waals surface area contributed by atoms with E-state index in [9.17, 15) is 4.39 Å². The number of benzene rings is 1. The molecule has 1 aliphatic rings. The minimum absolute atomic E-state index is 0.0139. The number of hydrogen-bond donors (Lipinski definition) is 1. The molecule has 6 nitrogen and oxygen atoms in total. The Morgan fingerprint density at radius 3 is 2.93 bits per heavy atom. The second-order valence-electron chi connectivity index (χ2n) is 6.38. The normalized spacial score (nSPS) is 18.0. The number of aryl methyl sites for hydroxylation is 1. The lowest BCUT2D eigenvalue weighted by atomic mass is 10.1. The summed E-state index contributed by atoms with van der Waals surface area (Å²) in [4.78, 5) is 7.74. The smallest absolute Gasteiger partial charge is 0.193 e. The first-order chi connectivity index (χ1) is 13.2. The largest absolute Gasteiger partial charge is 0.370 e. The fourth-order valence-corrected chi connectivity index (χ4v) is 3.83. The molecular weight excluding hydrogens is 365 g/mol. The van der Waals surface area contributed by atoms with Crippen LogP contribution in [0.3, 0.4) is 0 Å². The molecule has 1 aromatic heterocycles. The van der Waals surface area contributed by atoms with Gasteiger partial charge in [0.2, 0.25) is 0 Å².